The summed E-state index contributed by atoms with van der Waals surface area (Å²) in [5.74, 6) is 0.968. The van der Waals surface area contributed by atoms with E-state index in [0.29, 0.717) is 0 Å². The van der Waals surface area contributed by atoms with Gasteiger partial charge in [0.25, 0.3) is 0 Å². The second kappa shape index (κ2) is 4.72. The van der Waals surface area contributed by atoms with Crippen LogP contribution in [-0.4, -0.2) is 16.8 Å². The Hall–Kier alpha value is -1.97. The van der Waals surface area contributed by atoms with Gasteiger partial charge in [0.2, 0.25) is 0 Å². The van der Waals surface area contributed by atoms with Gasteiger partial charge in [-0.15, -0.1) is 0 Å². The summed E-state index contributed by atoms with van der Waals surface area (Å²) >= 11 is 0. The molecule has 4 heteroatoms. The molecule has 96 valence electrons. The molecule has 2 rings (SSSR count). The zero-order valence-electron chi connectivity index (χ0n) is 11.4. The third kappa shape index (κ3) is 2.18. The van der Waals surface area contributed by atoms with Crippen LogP contribution in [-0.2, 0) is 13.6 Å². The van der Waals surface area contributed by atoms with Gasteiger partial charge in [-0.1, -0.05) is 24.3 Å². The summed E-state index contributed by atoms with van der Waals surface area (Å²) in [4.78, 5) is 2.14. The first-order valence-corrected chi connectivity index (χ1v) is 6.05. The van der Waals surface area contributed by atoms with Crippen molar-refractivity contribution in [3.05, 3.63) is 41.1 Å². The van der Waals surface area contributed by atoms with Crippen molar-refractivity contribution in [3.8, 4) is 0 Å². The molecule has 1 heterocycles. The average Bonchev–Trinajstić information content (AvgIpc) is 2.56. The van der Waals surface area contributed by atoms with E-state index in [1.165, 1.54) is 11.1 Å². The summed E-state index contributed by atoms with van der Waals surface area (Å²) in [6.45, 7) is 4.89. The molecule has 2 N–H and O–H groups in total. The first-order chi connectivity index (χ1) is 8.50. The Morgan fingerprint density at radius 2 is 1.94 bits per heavy atom. The van der Waals surface area contributed by atoms with Gasteiger partial charge in [-0.2, -0.15) is 5.10 Å². The monoisotopic (exact) mass is 244 g/mol. The Labute approximate surface area is 108 Å². The highest BCUT2D eigenvalue weighted by Crippen LogP contribution is 2.26. The van der Waals surface area contributed by atoms with E-state index < -0.39 is 0 Å². The number of aryl methyl sites for hydroxylation is 3. The first kappa shape index (κ1) is 12.5. The normalized spacial score (nSPS) is 10.7. The molecule has 0 unspecified atom stereocenters. The molecule has 0 radical (unpaired) electrons. The standard InChI is InChI=1S/C14H20N4/c1-10-7-5-6-8-12(10)9-17(3)14-13(15)11(2)16-18(14)4/h5-8H,9,15H2,1-4H3. The van der Waals surface area contributed by atoms with E-state index in [-0.39, 0.29) is 0 Å². The molecular formula is C14H20N4. The maximum atomic E-state index is 6.07. The van der Waals surface area contributed by atoms with Gasteiger partial charge in [0.15, 0.2) is 0 Å². The number of hydrogen-bond acceptors (Lipinski definition) is 3. The Bertz CT molecular complexity index is 557. The van der Waals surface area contributed by atoms with Crippen LogP contribution in [0.3, 0.4) is 0 Å². The van der Waals surface area contributed by atoms with Crippen LogP contribution >= 0.6 is 0 Å². The predicted molar refractivity (Wildman–Crippen MR) is 75.6 cm³/mol. The van der Waals surface area contributed by atoms with Gasteiger partial charge in [0.1, 0.15) is 5.82 Å². The minimum atomic E-state index is 0.758. The lowest BCUT2D eigenvalue weighted by atomic mass is 10.1. The lowest BCUT2D eigenvalue weighted by molar-refractivity contribution is 0.726. The number of anilines is 2. The molecule has 0 saturated heterocycles. The Morgan fingerprint density at radius 1 is 1.28 bits per heavy atom. The van der Waals surface area contributed by atoms with Crippen LogP contribution in [0.2, 0.25) is 0 Å². The van der Waals surface area contributed by atoms with Crippen molar-refractivity contribution in [3.63, 3.8) is 0 Å². The van der Waals surface area contributed by atoms with E-state index in [4.69, 9.17) is 5.73 Å². The summed E-state index contributed by atoms with van der Waals surface area (Å²) < 4.78 is 1.84. The predicted octanol–water partition coefficient (Wildman–Crippen LogP) is 2.26. The highest BCUT2D eigenvalue weighted by molar-refractivity contribution is 5.65. The van der Waals surface area contributed by atoms with Gasteiger partial charge < -0.3 is 10.6 Å². The van der Waals surface area contributed by atoms with Crippen LogP contribution in [0, 0.1) is 13.8 Å². The molecule has 2 aromatic rings. The number of aromatic nitrogens is 2. The van der Waals surface area contributed by atoms with Crippen LogP contribution in [0.15, 0.2) is 24.3 Å². The average molecular weight is 244 g/mol. The summed E-state index contributed by atoms with van der Waals surface area (Å²) in [6, 6.07) is 8.39. The van der Waals surface area contributed by atoms with E-state index in [2.05, 4.69) is 41.2 Å². The maximum absolute atomic E-state index is 6.07. The van der Waals surface area contributed by atoms with Crippen LogP contribution in [0.4, 0.5) is 11.5 Å². The fourth-order valence-corrected chi connectivity index (χ4v) is 2.23. The van der Waals surface area contributed by atoms with Gasteiger partial charge in [-0.3, -0.25) is 4.68 Å². The summed E-state index contributed by atoms with van der Waals surface area (Å²) in [5.41, 5.74) is 10.3. The van der Waals surface area contributed by atoms with Crippen molar-refractivity contribution in [2.75, 3.05) is 17.7 Å². The van der Waals surface area contributed by atoms with Crippen molar-refractivity contribution < 1.29 is 0 Å². The maximum Gasteiger partial charge on any atom is 0.150 e. The minimum Gasteiger partial charge on any atom is -0.394 e. The van der Waals surface area contributed by atoms with E-state index in [1.54, 1.807) is 0 Å². The molecule has 0 saturated carbocycles. The van der Waals surface area contributed by atoms with Crippen LogP contribution < -0.4 is 10.6 Å². The van der Waals surface area contributed by atoms with Crippen molar-refractivity contribution in [2.45, 2.75) is 20.4 Å². The smallest absolute Gasteiger partial charge is 0.150 e. The van der Waals surface area contributed by atoms with E-state index in [0.717, 1.165) is 23.7 Å². The molecule has 1 aromatic carbocycles. The van der Waals surface area contributed by atoms with Crippen molar-refractivity contribution >= 4 is 11.5 Å². The van der Waals surface area contributed by atoms with E-state index in [1.807, 2.05) is 25.7 Å². The number of nitrogens with zero attached hydrogens (tertiary/aromatic N) is 3. The number of nitrogen functional groups attached to an aromatic ring is 1. The zero-order valence-corrected chi connectivity index (χ0v) is 11.4. The number of nitrogens with two attached hydrogens (primary N) is 1. The number of benzene rings is 1. The fraction of sp³-hybridized carbons (Fsp3) is 0.357. The lowest BCUT2D eigenvalue weighted by Gasteiger charge is -2.21. The van der Waals surface area contributed by atoms with E-state index >= 15 is 0 Å². The van der Waals surface area contributed by atoms with Gasteiger partial charge >= 0.3 is 0 Å². The molecular weight excluding hydrogens is 224 g/mol. The van der Waals surface area contributed by atoms with Crippen molar-refractivity contribution in [1.82, 2.24) is 9.78 Å². The van der Waals surface area contributed by atoms with Crippen LogP contribution in [0.1, 0.15) is 16.8 Å². The third-order valence-corrected chi connectivity index (χ3v) is 3.27. The molecule has 0 atom stereocenters. The molecule has 1 aromatic heterocycles. The summed E-state index contributed by atoms with van der Waals surface area (Å²) in [7, 11) is 3.96. The molecule has 0 aliphatic carbocycles. The summed E-state index contributed by atoms with van der Waals surface area (Å²) in [6.07, 6.45) is 0. The molecule has 0 spiro atoms. The largest absolute Gasteiger partial charge is 0.394 e. The molecule has 0 aliphatic heterocycles. The Balaban J connectivity index is 2.28. The molecule has 0 fully saturated rings. The summed E-state index contributed by atoms with van der Waals surface area (Å²) in [5, 5.41) is 4.35. The zero-order chi connectivity index (χ0) is 13.3. The number of rotatable bonds is 3. The Morgan fingerprint density at radius 3 is 2.50 bits per heavy atom. The van der Waals surface area contributed by atoms with Crippen molar-refractivity contribution in [2.24, 2.45) is 7.05 Å². The van der Waals surface area contributed by atoms with Gasteiger partial charge in [-0.05, 0) is 25.0 Å². The quantitative estimate of drug-likeness (QED) is 0.901. The highest BCUT2D eigenvalue weighted by Gasteiger charge is 2.14. The Kier molecular flexibility index (Phi) is 3.28. The van der Waals surface area contributed by atoms with Crippen LogP contribution in [0.5, 0.6) is 0 Å². The molecule has 18 heavy (non-hydrogen) atoms. The number of hydrogen-bond donors (Lipinski definition) is 1. The SMILES string of the molecule is Cc1ccccc1CN(C)c1c(N)c(C)nn1C. The highest BCUT2D eigenvalue weighted by atomic mass is 15.4. The molecule has 4 nitrogen and oxygen atoms in total. The van der Waals surface area contributed by atoms with Gasteiger partial charge in [0.05, 0.1) is 11.4 Å². The third-order valence-electron chi connectivity index (χ3n) is 3.27. The van der Waals surface area contributed by atoms with Crippen LogP contribution in [0.25, 0.3) is 0 Å². The van der Waals surface area contributed by atoms with Gasteiger partial charge in [-0.25, -0.2) is 0 Å². The fourth-order valence-electron chi connectivity index (χ4n) is 2.23. The molecule has 0 bridgehead atoms. The topological polar surface area (TPSA) is 47.1 Å². The van der Waals surface area contributed by atoms with Crippen molar-refractivity contribution in [1.29, 1.82) is 0 Å². The second-order valence-corrected chi connectivity index (χ2v) is 4.73. The first-order valence-electron chi connectivity index (χ1n) is 6.05. The van der Waals surface area contributed by atoms with E-state index in [9.17, 15) is 0 Å². The molecule has 0 aliphatic rings. The second-order valence-electron chi connectivity index (χ2n) is 4.73. The van der Waals surface area contributed by atoms with Gasteiger partial charge in [0, 0.05) is 20.6 Å². The minimum absolute atomic E-state index is 0.758. The lowest BCUT2D eigenvalue weighted by Crippen LogP contribution is -2.21. The molecule has 0 amide bonds.